The normalized spacial score (nSPS) is 10.7. The molecule has 7 nitrogen and oxygen atoms in total. The lowest BCUT2D eigenvalue weighted by atomic mass is 10.3. The topological polar surface area (TPSA) is 81.8 Å². The van der Waals surface area contributed by atoms with Gasteiger partial charge in [-0.1, -0.05) is 35.3 Å². The average Bonchev–Trinajstić information content (AvgIpc) is 2.88. The Morgan fingerprint density at radius 3 is 2.72 bits per heavy atom. The first-order valence-corrected chi connectivity index (χ1v) is 8.02. The van der Waals surface area contributed by atoms with E-state index in [1.165, 1.54) is 4.57 Å². The van der Waals surface area contributed by atoms with Gasteiger partial charge >= 0.3 is 5.69 Å². The zero-order valence-corrected chi connectivity index (χ0v) is 14.6. The highest BCUT2D eigenvalue weighted by atomic mass is 35.5. The van der Waals surface area contributed by atoms with E-state index >= 15 is 0 Å². The van der Waals surface area contributed by atoms with Crippen molar-refractivity contribution in [3.63, 3.8) is 0 Å². The van der Waals surface area contributed by atoms with E-state index < -0.39 is 11.6 Å². The van der Waals surface area contributed by atoms with Gasteiger partial charge in [0.2, 0.25) is 5.91 Å². The number of halogens is 2. The van der Waals surface area contributed by atoms with Gasteiger partial charge in [-0.2, -0.15) is 0 Å². The maximum absolute atomic E-state index is 12.3. The van der Waals surface area contributed by atoms with Crippen molar-refractivity contribution in [3.05, 3.63) is 63.1 Å². The summed E-state index contributed by atoms with van der Waals surface area (Å²) in [5.74, 6) is -0.0730. The molecular formula is C16H13Cl2N5O2. The number of carbonyl (C=O) groups is 1. The van der Waals surface area contributed by atoms with Crippen LogP contribution in [0.2, 0.25) is 10.0 Å². The fourth-order valence-electron chi connectivity index (χ4n) is 2.24. The van der Waals surface area contributed by atoms with Crippen molar-refractivity contribution in [2.24, 2.45) is 7.05 Å². The Bertz CT molecular complexity index is 982. The van der Waals surface area contributed by atoms with Crippen molar-refractivity contribution in [2.45, 2.75) is 6.54 Å². The Morgan fingerprint density at radius 2 is 2.00 bits per heavy atom. The number of pyridine rings is 1. The minimum absolute atomic E-state index is 0.236. The molecule has 3 aromatic rings. The minimum Gasteiger partial charge on any atom is -0.323 e. The Morgan fingerprint density at radius 1 is 1.20 bits per heavy atom. The standard InChI is InChI=1S/C16H13Cl2N5O2/c1-22-15(12-6-2-3-8-19-12)21-23(16(22)25)9-13(24)20-11-7-4-5-10(17)14(11)18/h2-8H,9H2,1H3,(H,20,24). The summed E-state index contributed by atoms with van der Waals surface area (Å²) in [7, 11) is 1.57. The fraction of sp³-hybridized carbons (Fsp3) is 0.125. The molecule has 0 aliphatic carbocycles. The van der Waals surface area contributed by atoms with Gasteiger partial charge in [-0.05, 0) is 24.3 Å². The molecule has 0 spiro atoms. The Kier molecular flexibility index (Phi) is 4.87. The van der Waals surface area contributed by atoms with Crippen molar-refractivity contribution in [1.82, 2.24) is 19.3 Å². The summed E-state index contributed by atoms with van der Waals surface area (Å²) in [5.41, 5.74) is 0.486. The molecule has 1 amide bonds. The summed E-state index contributed by atoms with van der Waals surface area (Å²) in [6.07, 6.45) is 1.60. The smallest absolute Gasteiger partial charge is 0.323 e. The van der Waals surface area contributed by atoms with Crippen LogP contribution in [0.4, 0.5) is 5.69 Å². The van der Waals surface area contributed by atoms with Crippen LogP contribution < -0.4 is 11.0 Å². The molecule has 9 heteroatoms. The van der Waals surface area contributed by atoms with Gasteiger partial charge in [0.05, 0.1) is 15.7 Å². The zero-order chi connectivity index (χ0) is 18.0. The van der Waals surface area contributed by atoms with Crippen LogP contribution in [-0.2, 0) is 18.4 Å². The zero-order valence-electron chi connectivity index (χ0n) is 13.1. The van der Waals surface area contributed by atoms with Gasteiger partial charge in [0, 0.05) is 13.2 Å². The molecular weight excluding hydrogens is 365 g/mol. The van der Waals surface area contributed by atoms with Gasteiger partial charge in [-0.25, -0.2) is 9.48 Å². The molecule has 25 heavy (non-hydrogen) atoms. The number of rotatable bonds is 4. The van der Waals surface area contributed by atoms with E-state index in [9.17, 15) is 9.59 Å². The van der Waals surface area contributed by atoms with Crippen LogP contribution >= 0.6 is 23.2 Å². The maximum atomic E-state index is 12.3. The summed E-state index contributed by atoms with van der Waals surface area (Å²) in [4.78, 5) is 28.7. The van der Waals surface area contributed by atoms with E-state index in [1.807, 2.05) is 0 Å². The molecule has 2 heterocycles. The second-order valence-electron chi connectivity index (χ2n) is 5.19. The molecule has 0 aliphatic heterocycles. The van der Waals surface area contributed by atoms with Crippen LogP contribution in [0.25, 0.3) is 11.5 Å². The van der Waals surface area contributed by atoms with E-state index in [-0.39, 0.29) is 11.6 Å². The van der Waals surface area contributed by atoms with Crippen molar-refractivity contribution in [1.29, 1.82) is 0 Å². The van der Waals surface area contributed by atoms with E-state index in [2.05, 4.69) is 15.4 Å². The highest BCUT2D eigenvalue weighted by Crippen LogP contribution is 2.29. The molecule has 0 saturated heterocycles. The summed E-state index contributed by atoms with van der Waals surface area (Å²) in [6, 6.07) is 10.2. The summed E-state index contributed by atoms with van der Waals surface area (Å²) in [5, 5.41) is 7.36. The molecule has 0 saturated carbocycles. The largest absolute Gasteiger partial charge is 0.346 e. The SMILES string of the molecule is Cn1c(-c2ccccn2)nn(CC(=O)Nc2cccc(Cl)c2Cl)c1=O. The number of nitrogens with zero attached hydrogens (tertiary/aromatic N) is 4. The second-order valence-corrected chi connectivity index (χ2v) is 5.97. The first kappa shape index (κ1) is 17.2. The predicted octanol–water partition coefficient (Wildman–Crippen LogP) is 2.59. The molecule has 0 bridgehead atoms. The van der Waals surface area contributed by atoms with Gasteiger partial charge in [0.25, 0.3) is 0 Å². The van der Waals surface area contributed by atoms with Crippen molar-refractivity contribution < 1.29 is 4.79 Å². The van der Waals surface area contributed by atoms with Gasteiger partial charge in [-0.15, -0.1) is 5.10 Å². The monoisotopic (exact) mass is 377 g/mol. The van der Waals surface area contributed by atoms with E-state index in [4.69, 9.17) is 23.2 Å². The Hall–Kier alpha value is -2.64. The number of carbonyl (C=O) groups excluding carboxylic acids is 1. The third kappa shape index (κ3) is 3.57. The predicted molar refractivity (Wildman–Crippen MR) is 95.8 cm³/mol. The number of nitrogens with one attached hydrogen (secondary N) is 1. The molecule has 128 valence electrons. The van der Waals surface area contributed by atoms with E-state index in [0.717, 1.165) is 4.68 Å². The summed E-state index contributed by atoms with van der Waals surface area (Å²) in [6.45, 7) is -0.262. The van der Waals surface area contributed by atoms with Crippen LogP contribution in [0.5, 0.6) is 0 Å². The highest BCUT2D eigenvalue weighted by molar-refractivity contribution is 6.43. The molecule has 0 fully saturated rings. The van der Waals surface area contributed by atoms with Crippen molar-refractivity contribution >= 4 is 34.8 Å². The minimum atomic E-state index is -0.447. The lowest BCUT2D eigenvalue weighted by molar-refractivity contribution is -0.117. The summed E-state index contributed by atoms with van der Waals surface area (Å²) < 4.78 is 2.40. The number of benzene rings is 1. The molecule has 0 atom stereocenters. The third-order valence-corrected chi connectivity index (χ3v) is 4.27. The second kappa shape index (κ2) is 7.08. The number of hydrogen-bond donors (Lipinski definition) is 1. The van der Waals surface area contributed by atoms with Gasteiger partial charge in [0.15, 0.2) is 5.82 Å². The Labute approximate surface area is 152 Å². The molecule has 3 rings (SSSR count). The van der Waals surface area contributed by atoms with Gasteiger partial charge in [0.1, 0.15) is 12.2 Å². The molecule has 1 N–H and O–H groups in total. The van der Waals surface area contributed by atoms with Crippen LogP contribution in [0.3, 0.4) is 0 Å². The molecule has 0 unspecified atom stereocenters. The maximum Gasteiger partial charge on any atom is 0.346 e. The number of anilines is 1. The van der Waals surface area contributed by atoms with Crippen LogP contribution in [0.1, 0.15) is 0 Å². The molecule has 2 aromatic heterocycles. The molecule has 1 aromatic carbocycles. The summed E-state index contributed by atoms with van der Waals surface area (Å²) >= 11 is 12.0. The first-order chi connectivity index (χ1) is 12.0. The number of amides is 1. The van der Waals surface area contributed by atoms with Crippen molar-refractivity contribution in [3.8, 4) is 11.5 Å². The van der Waals surface area contributed by atoms with Gasteiger partial charge in [-0.3, -0.25) is 14.3 Å². The van der Waals surface area contributed by atoms with Crippen molar-refractivity contribution in [2.75, 3.05) is 5.32 Å². The van der Waals surface area contributed by atoms with Crippen LogP contribution in [-0.4, -0.2) is 25.2 Å². The van der Waals surface area contributed by atoms with Gasteiger partial charge < -0.3 is 5.32 Å². The average molecular weight is 378 g/mol. The Balaban J connectivity index is 1.83. The highest BCUT2D eigenvalue weighted by Gasteiger charge is 2.16. The number of hydrogen-bond acceptors (Lipinski definition) is 4. The number of aromatic nitrogens is 4. The molecule has 0 aliphatic rings. The quantitative estimate of drug-likeness (QED) is 0.757. The van der Waals surface area contributed by atoms with E-state index in [0.29, 0.717) is 22.2 Å². The van der Waals surface area contributed by atoms with Crippen LogP contribution in [0.15, 0.2) is 47.4 Å². The lowest BCUT2D eigenvalue weighted by Crippen LogP contribution is -2.29. The lowest BCUT2D eigenvalue weighted by Gasteiger charge is -2.07. The molecule has 0 radical (unpaired) electrons. The first-order valence-electron chi connectivity index (χ1n) is 7.26. The fourth-order valence-corrected chi connectivity index (χ4v) is 2.58. The van der Waals surface area contributed by atoms with Crippen LogP contribution in [0, 0.1) is 0 Å². The third-order valence-electron chi connectivity index (χ3n) is 3.45. The van der Waals surface area contributed by atoms with E-state index in [1.54, 1.807) is 49.6 Å².